The molecule has 1 atom stereocenters. The average molecular weight is 555 g/mol. The van der Waals surface area contributed by atoms with Crippen molar-refractivity contribution < 1.29 is 43.5 Å². The lowest BCUT2D eigenvalue weighted by Crippen LogP contribution is -2.44. The molecule has 2 aromatic carbocycles. The van der Waals surface area contributed by atoms with Crippen LogP contribution in [0.4, 0.5) is 35.1 Å². The highest BCUT2D eigenvalue weighted by Crippen LogP contribution is 2.42. The van der Waals surface area contributed by atoms with Crippen molar-refractivity contribution in [3.8, 4) is 11.1 Å². The number of hydrogen-bond donors (Lipinski definition) is 1. The van der Waals surface area contributed by atoms with Gasteiger partial charge in [0.05, 0.1) is 17.4 Å². The smallest absolute Gasteiger partial charge is 0.341 e. The Hall–Kier alpha value is -2.67. The summed E-state index contributed by atoms with van der Waals surface area (Å²) in [5.41, 5.74) is -2.15. The number of hydrogen-bond acceptors (Lipinski definition) is 2. The molecule has 0 radical (unpaired) electrons. The number of halogens is 8. The average Bonchev–Trinajstić information content (AvgIpc) is 3.04. The Morgan fingerprint density at radius 2 is 1.65 bits per heavy atom. The van der Waals surface area contributed by atoms with Gasteiger partial charge in [0, 0.05) is 29.6 Å². The van der Waals surface area contributed by atoms with Gasteiger partial charge in [-0.25, -0.2) is 17.2 Å². The number of alkyl halides is 8. The second kappa shape index (κ2) is 9.26. The maximum absolute atomic E-state index is 14.1. The Balaban J connectivity index is 1.90. The summed E-state index contributed by atoms with van der Waals surface area (Å²) in [4.78, 5) is 0. The van der Waals surface area contributed by atoms with Crippen LogP contribution in [-0.4, -0.2) is 30.3 Å². The van der Waals surface area contributed by atoms with E-state index in [0.29, 0.717) is 13.3 Å². The maximum atomic E-state index is 14.1. The van der Waals surface area contributed by atoms with E-state index in [0.717, 1.165) is 41.1 Å². The van der Waals surface area contributed by atoms with Crippen molar-refractivity contribution in [2.24, 2.45) is 0 Å². The molecule has 1 fully saturated rings. The normalized spacial score (nSPS) is 16.7. The lowest BCUT2D eigenvalue weighted by atomic mass is 9.97. The Kier molecular flexibility index (Phi) is 6.85. The van der Waals surface area contributed by atoms with Crippen LogP contribution < -0.4 is 4.72 Å². The van der Waals surface area contributed by atoms with Gasteiger partial charge in [0.25, 0.3) is 5.92 Å². The summed E-state index contributed by atoms with van der Waals surface area (Å²) >= 11 is 0. The summed E-state index contributed by atoms with van der Waals surface area (Å²) in [6.07, 6.45) is -8.13. The van der Waals surface area contributed by atoms with E-state index in [2.05, 4.69) is 0 Å². The lowest BCUT2D eigenvalue weighted by Gasteiger charge is -2.29. The van der Waals surface area contributed by atoms with Gasteiger partial charge in [0.1, 0.15) is 6.04 Å². The highest BCUT2D eigenvalue weighted by Gasteiger charge is 2.47. The number of nitrogens with one attached hydrogen (secondary N) is 1. The van der Waals surface area contributed by atoms with Gasteiger partial charge in [0.15, 0.2) is 0 Å². The van der Waals surface area contributed by atoms with Gasteiger partial charge < -0.3 is 4.57 Å². The van der Waals surface area contributed by atoms with Gasteiger partial charge in [-0.15, -0.1) is 0 Å². The molecule has 0 aliphatic heterocycles. The fourth-order valence-electron chi connectivity index (χ4n) is 4.38. The number of fused-ring (bicyclic) bond motifs is 1. The van der Waals surface area contributed by atoms with Crippen LogP contribution >= 0.6 is 0 Å². The van der Waals surface area contributed by atoms with Crippen LogP contribution in [-0.2, 0) is 22.7 Å². The summed E-state index contributed by atoms with van der Waals surface area (Å²) in [5, 5.41) is -1.20. The minimum atomic E-state index is -5.12. The standard InChI is InChI=1S/C24H22F8N2O2S/c1-22(25,26)13-34-12-18(21(24(30,31)32)33-37(35,36)15-5-4-6-15)17-10-9-14(11-20(17)34)16-7-2-3-8-19(16)23(27,28)29/h2-3,7-12,15,21,33H,4-6,13H2,1H3/t21-/m0/s1. The largest absolute Gasteiger partial charge is 0.417 e. The van der Waals surface area contributed by atoms with Crippen LogP contribution in [0.15, 0.2) is 48.7 Å². The Labute approximate surface area is 207 Å². The highest BCUT2D eigenvalue weighted by molar-refractivity contribution is 7.90. The molecular weight excluding hydrogens is 532 g/mol. The van der Waals surface area contributed by atoms with E-state index in [4.69, 9.17) is 0 Å². The van der Waals surface area contributed by atoms with Crippen molar-refractivity contribution in [2.75, 3.05) is 0 Å². The second-order valence-corrected chi connectivity index (χ2v) is 11.2. The van der Waals surface area contributed by atoms with E-state index < -0.39 is 57.3 Å². The van der Waals surface area contributed by atoms with E-state index in [-0.39, 0.29) is 34.9 Å². The van der Waals surface area contributed by atoms with Crippen molar-refractivity contribution >= 4 is 20.9 Å². The third kappa shape index (κ3) is 5.77. The van der Waals surface area contributed by atoms with Crippen LogP contribution in [0.1, 0.15) is 43.4 Å². The van der Waals surface area contributed by atoms with Gasteiger partial charge in [-0.1, -0.05) is 36.8 Å². The zero-order valence-corrected chi connectivity index (χ0v) is 20.1. The highest BCUT2D eigenvalue weighted by atomic mass is 32.2. The van der Waals surface area contributed by atoms with Crippen LogP contribution in [0, 0.1) is 0 Å². The lowest BCUT2D eigenvalue weighted by molar-refractivity contribution is -0.152. The quantitative estimate of drug-likeness (QED) is 0.318. The number of benzene rings is 2. The van der Waals surface area contributed by atoms with Crippen LogP contribution in [0.5, 0.6) is 0 Å². The SMILES string of the molecule is CC(F)(F)Cn1cc([C@H](NS(=O)(=O)C2CCC2)C(F)(F)F)c2ccc(-c3ccccc3C(F)(F)F)cc21. The third-order valence-electron chi connectivity index (χ3n) is 6.32. The molecule has 4 nitrogen and oxygen atoms in total. The van der Waals surface area contributed by atoms with E-state index in [9.17, 15) is 43.5 Å². The van der Waals surface area contributed by atoms with Crippen molar-refractivity contribution in [1.82, 2.24) is 9.29 Å². The molecule has 1 aliphatic carbocycles. The Bertz CT molecular complexity index is 1400. The molecule has 202 valence electrons. The molecule has 1 aliphatic rings. The van der Waals surface area contributed by atoms with E-state index in [1.54, 1.807) is 4.72 Å². The molecule has 3 aromatic rings. The maximum Gasteiger partial charge on any atom is 0.417 e. The van der Waals surface area contributed by atoms with Crippen molar-refractivity contribution in [1.29, 1.82) is 0 Å². The number of aromatic nitrogens is 1. The molecule has 4 rings (SSSR count). The molecule has 1 aromatic heterocycles. The van der Waals surface area contributed by atoms with Crippen molar-refractivity contribution in [2.45, 2.75) is 62.3 Å². The van der Waals surface area contributed by atoms with Gasteiger partial charge in [-0.05, 0) is 36.1 Å². The molecule has 0 spiro atoms. The first-order valence-corrected chi connectivity index (χ1v) is 12.8. The molecule has 13 heteroatoms. The van der Waals surface area contributed by atoms with Crippen LogP contribution in [0.25, 0.3) is 22.0 Å². The fourth-order valence-corrected chi connectivity index (χ4v) is 6.11. The molecular formula is C24H22F8N2O2S. The zero-order chi connectivity index (χ0) is 27.4. The van der Waals surface area contributed by atoms with Gasteiger partial charge in [-0.2, -0.15) is 31.1 Å². The minimum Gasteiger partial charge on any atom is -0.341 e. The molecule has 0 saturated heterocycles. The minimum absolute atomic E-state index is 0.0515. The fraction of sp³-hybridized carbons (Fsp3) is 0.417. The van der Waals surface area contributed by atoms with Crippen LogP contribution in [0.3, 0.4) is 0 Å². The van der Waals surface area contributed by atoms with E-state index in [1.807, 2.05) is 0 Å². The monoisotopic (exact) mass is 554 g/mol. The van der Waals surface area contributed by atoms with Gasteiger partial charge in [0.2, 0.25) is 10.0 Å². The Morgan fingerprint density at radius 3 is 2.19 bits per heavy atom. The first kappa shape index (κ1) is 27.4. The molecule has 0 unspecified atom stereocenters. The second-order valence-electron chi connectivity index (χ2n) is 9.25. The predicted molar refractivity (Wildman–Crippen MR) is 121 cm³/mol. The number of rotatable bonds is 7. The molecule has 0 bridgehead atoms. The van der Waals surface area contributed by atoms with Crippen LogP contribution in [0.2, 0.25) is 0 Å². The molecule has 1 N–H and O–H groups in total. The topological polar surface area (TPSA) is 51.1 Å². The summed E-state index contributed by atoms with van der Waals surface area (Å²) < 4.78 is 138. The van der Waals surface area contributed by atoms with E-state index in [1.165, 1.54) is 12.1 Å². The van der Waals surface area contributed by atoms with Crippen molar-refractivity contribution in [3.63, 3.8) is 0 Å². The van der Waals surface area contributed by atoms with Gasteiger partial charge in [-0.3, -0.25) is 0 Å². The van der Waals surface area contributed by atoms with Crippen molar-refractivity contribution in [3.05, 3.63) is 59.8 Å². The summed E-state index contributed by atoms with van der Waals surface area (Å²) in [6, 6.07) is 5.12. The molecule has 37 heavy (non-hydrogen) atoms. The van der Waals surface area contributed by atoms with Gasteiger partial charge >= 0.3 is 12.4 Å². The first-order valence-electron chi connectivity index (χ1n) is 11.2. The first-order chi connectivity index (χ1) is 17.0. The molecule has 1 heterocycles. The zero-order valence-electron chi connectivity index (χ0n) is 19.3. The molecule has 0 amide bonds. The summed E-state index contributed by atoms with van der Waals surface area (Å²) in [5.74, 6) is -3.39. The summed E-state index contributed by atoms with van der Waals surface area (Å²) in [6.45, 7) is -0.532. The molecule has 1 saturated carbocycles. The number of sulfonamides is 1. The van der Waals surface area contributed by atoms with E-state index >= 15 is 0 Å². The number of nitrogens with zero attached hydrogens (tertiary/aromatic N) is 1. The summed E-state index contributed by atoms with van der Waals surface area (Å²) in [7, 11) is -4.37. The Morgan fingerprint density at radius 1 is 1.00 bits per heavy atom. The third-order valence-corrected chi connectivity index (χ3v) is 8.23. The predicted octanol–water partition coefficient (Wildman–Crippen LogP) is 7.06.